The molecule has 0 radical (unpaired) electrons. The summed E-state index contributed by atoms with van der Waals surface area (Å²) in [6, 6.07) is -3.92. The number of carbonyl (C=O) groups is 5. The van der Waals surface area contributed by atoms with Gasteiger partial charge in [0.15, 0.2) is 5.96 Å². The van der Waals surface area contributed by atoms with Crippen LogP contribution in [-0.2, 0) is 24.0 Å². The van der Waals surface area contributed by atoms with Crippen LogP contribution in [0.25, 0.3) is 0 Å². The quantitative estimate of drug-likeness (QED) is 0.0654. The zero-order chi connectivity index (χ0) is 24.0. The predicted molar refractivity (Wildman–Crippen MR) is 106 cm³/mol. The predicted octanol–water partition coefficient (Wildman–Crippen LogP) is -4.61. The van der Waals surface area contributed by atoms with Gasteiger partial charge >= 0.3 is 11.9 Å². The Kier molecular flexibility index (Phi) is 12.9. The first-order valence-electron chi connectivity index (χ1n) is 9.21. The summed E-state index contributed by atoms with van der Waals surface area (Å²) in [6.07, 6.45) is -0.253. The minimum Gasteiger partial charge on any atom is -0.481 e. The highest BCUT2D eigenvalue weighted by molar-refractivity contribution is 5.93. The highest BCUT2D eigenvalue weighted by Crippen LogP contribution is 2.02. The number of hydrogen-bond donors (Lipinski definition) is 9. The van der Waals surface area contributed by atoms with E-state index in [0.717, 1.165) is 0 Å². The summed E-state index contributed by atoms with van der Waals surface area (Å²) in [7, 11) is 0. The molecule has 0 rings (SSSR count). The molecule has 3 amide bonds. The zero-order valence-corrected chi connectivity index (χ0v) is 16.7. The number of carboxylic acids is 2. The molecular formula is C16H29N7O8. The van der Waals surface area contributed by atoms with Crippen LogP contribution < -0.4 is 33.2 Å². The number of rotatable bonds is 15. The molecule has 3 unspecified atom stereocenters. The van der Waals surface area contributed by atoms with Crippen LogP contribution in [0.4, 0.5) is 0 Å². The second kappa shape index (κ2) is 14.5. The summed E-state index contributed by atoms with van der Waals surface area (Å²) in [5, 5.41) is 33.1. The van der Waals surface area contributed by atoms with Crippen LogP contribution in [0, 0.1) is 0 Å². The van der Waals surface area contributed by atoms with Crippen LogP contribution in [0.1, 0.15) is 25.7 Å². The van der Waals surface area contributed by atoms with Crippen molar-refractivity contribution in [2.24, 2.45) is 22.2 Å². The Hall–Kier alpha value is -3.46. The molecule has 0 aliphatic rings. The lowest BCUT2D eigenvalue weighted by Gasteiger charge is -2.23. The molecule has 0 saturated heterocycles. The topological polar surface area (TPSA) is 273 Å². The van der Waals surface area contributed by atoms with Crippen LogP contribution in [0.2, 0.25) is 0 Å². The Balaban J connectivity index is 5.01. The van der Waals surface area contributed by atoms with Gasteiger partial charge in [-0.05, 0) is 19.3 Å². The van der Waals surface area contributed by atoms with E-state index in [1.165, 1.54) is 0 Å². The SMILES string of the molecule is NC(N)=NCCCC(N)C(=O)NC(CCC(=O)O)C(=O)NC(CO)C(=O)NCC(=O)O. The molecule has 15 heteroatoms. The molecule has 0 bridgehead atoms. The third kappa shape index (κ3) is 12.7. The molecule has 176 valence electrons. The third-order valence-electron chi connectivity index (χ3n) is 3.81. The minimum absolute atomic E-state index is 0.116. The number of hydrogen-bond acceptors (Lipinski definition) is 8. The molecule has 0 aliphatic carbocycles. The van der Waals surface area contributed by atoms with E-state index in [0.29, 0.717) is 6.42 Å². The minimum atomic E-state index is -1.51. The lowest BCUT2D eigenvalue weighted by Crippen LogP contribution is -2.57. The first kappa shape index (κ1) is 27.5. The molecule has 0 aromatic heterocycles. The number of guanidine groups is 1. The van der Waals surface area contributed by atoms with E-state index in [4.69, 9.17) is 27.4 Å². The molecule has 0 saturated carbocycles. The normalized spacial score (nSPS) is 13.2. The van der Waals surface area contributed by atoms with Crippen molar-refractivity contribution in [2.45, 2.75) is 43.8 Å². The lowest BCUT2D eigenvalue weighted by atomic mass is 10.1. The smallest absolute Gasteiger partial charge is 0.322 e. The number of aliphatic hydroxyl groups is 1. The van der Waals surface area contributed by atoms with Crippen molar-refractivity contribution >= 4 is 35.6 Å². The van der Waals surface area contributed by atoms with Crippen LogP contribution in [-0.4, -0.2) is 88.8 Å². The van der Waals surface area contributed by atoms with E-state index in [9.17, 15) is 29.1 Å². The number of aliphatic hydroxyl groups excluding tert-OH is 1. The van der Waals surface area contributed by atoms with Crippen molar-refractivity contribution in [3.63, 3.8) is 0 Å². The van der Waals surface area contributed by atoms with Crippen molar-refractivity contribution < 1.29 is 39.3 Å². The fourth-order valence-corrected chi connectivity index (χ4v) is 2.22. The molecule has 0 aromatic carbocycles. The Morgan fingerprint density at radius 1 is 0.871 bits per heavy atom. The number of nitrogens with zero attached hydrogens (tertiary/aromatic N) is 1. The second-order valence-corrected chi connectivity index (χ2v) is 6.40. The van der Waals surface area contributed by atoms with Crippen molar-refractivity contribution in [2.75, 3.05) is 19.7 Å². The van der Waals surface area contributed by atoms with Gasteiger partial charge in [0.25, 0.3) is 0 Å². The first-order chi connectivity index (χ1) is 14.5. The molecule has 0 aromatic rings. The van der Waals surface area contributed by atoms with Gasteiger partial charge in [-0.1, -0.05) is 0 Å². The summed E-state index contributed by atoms with van der Waals surface area (Å²) in [5.41, 5.74) is 16.1. The van der Waals surface area contributed by atoms with E-state index < -0.39 is 67.4 Å². The van der Waals surface area contributed by atoms with Crippen LogP contribution >= 0.6 is 0 Å². The first-order valence-corrected chi connectivity index (χ1v) is 9.21. The molecule has 0 spiro atoms. The van der Waals surface area contributed by atoms with Gasteiger partial charge in [0.05, 0.1) is 12.6 Å². The van der Waals surface area contributed by atoms with Gasteiger partial charge < -0.3 is 48.5 Å². The van der Waals surface area contributed by atoms with Gasteiger partial charge in [-0.2, -0.15) is 0 Å². The summed E-state index contributed by atoms with van der Waals surface area (Å²) < 4.78 is 0. The van der Waals surface area contributed by atoms with Crippen LogP contribution in [0.3, 0.4) is 0 Å². The van der Waals surface area contributed by atoms with E-state index in [-0.39, 0.29) is 25.3 Å². The summed E-state index contributed by atoms with van der Waals surface area (Å²) >= 11 is 0. The van der Waals surface area contributed by atoms with Gasteiger partial charge in [0, 0.05) is 13.0 Å². The van der Waals surface area contributed by atoms with E-state index >= 15 is 0 Å². The zero-order valence-electron chi connectivity index (χ0n) is 16.7. The van der Waals surface area contributed by atoms with Gasteiger partial charge in [0.2, 0.25) is 17.7 Å². The van der Waals surface area contributed by atoms with E-state index in [1.807, 2.05) is 5.32 Å². The number of carboxylic acid groups (broad SMARTS) is 2. The monoisotopic (exact) mass is 447 g/mol. The number of aliphatic carboxylic acids is 2. The third-order valence-corrected chi connectivity index (χ3v) is 3.81. The number of nitrogens with two attached hydrogens (primary N) is 3. The average molecular weight is 447 g/mol. The molecule has 15 nitrogen and oxygen atoms in total. The molecular weight excluding hydrogens is 418 g/mol. The van der Waals surface area contributed by atoms with Gasteiger partial charge in [-0.15, -0.1) is 0 Å². The van der Waals surface area contributed by atoms with Gasteiger partial charge in [0.1, 0.15) is 18.6 Å². The molecule has 0 aliphatic heterocycles. The van der Waals surface area contributed by atoms with Crippen LogP contribution in [0.15, 0.2) is 4.99 Å². The number of amides is 3. The second-order valence-electron chi connectivity index (χ2n) is 6.40. The van der Waals surface area contributed by atoms with Gasteiger partial charge in [-0.25, -0.2) is 0 Å². The van der Waals surface area contributed by atoms with Crippen molar-refractivity contribution in [3.05, 3.63) is 0 Å². The van der Waals surface area contributed by atoms with Crippen LogP contribution in [0.5, 0.6) is 0 Å². The maximum atomic E-state index is 12.4. The molecule has 3 atom stereocenters. The summed E-state index contributed by atoms with van der Waals surface area (Å²) in [6.45, 7) is -1.37. The molecule has 31 heavy (non-hydrogen) atoms. The summed E-state index contributed by atoms with van der Waals surface area (Å²) in [5.74, 6) is -5.35. The number of nitrogens with one attached hydrogen (secondary N) is 3. The Labute approximate surface area is 177 Å². The number of carbonyl (C=O) groups excluding carboxylic acids is 3. The molecule has 0 heterocycles. The van der Waals surface area contributed by atoms with E-state index in [1.54, 1.807) is 0 Å². The fraction of sp³-hybridized carbons (Fsp3) is 0.625. The highest BCUT2D eigenvalue weighted by Gasteiger charge is 2.28. The maximum Gasteiger partial charge on any atom is 0.322 e. The largest absolute Gasteiger partial charge is 0.481 e. The highest BCUT2D eigenvalue weighted by atomic mass is 16.4. The van der Waals surface area contributed by atoms with Gasteiger partial charge in [-0.3, -0.25) is 29.0 Å². The summed E-state index contributed by atoms with van der Waals surface area (Å²) in [4.78, 5) is 61.6. The Bertz CT molecular complexity index is 681. The lowest BCUT2D eigenvalue weighted by molar-refractivity contribution is -0.139. The standard InChI is InChI=1S/C16H29N7O8/c17-8(2-1-5-20-16(18)19)13(29)22-9(3-4-11(25)26)15(31)23-10(7-24)14(30)21-6-12(27)28/h8-10,24H,1-7,17H2,(H,21,30)(H,22,29)(H,23,31)(H,25,26)(H,27,28)(H4,18,19,20). The molecule has 0 fully saturated rings. The van der Waals surface area contributed by atoms with Crippen molar-refractivity contribution in [1.82, 2.24) is 16.0 Å². The average Bonchev–Trinajstić information content (AvgIpc) is 2.69. The van der Waals surface area contributed by atoms with Crippen molar-refractivity contribution in [1.29, 1.82) is 0 Å². The van der Waals surface area contributed by atoms with E-state index in [2.05, 4.69) is 15.6 Å². The fourth-order valence-electron chi connectivity index (χ4n) is 2.22. The maximum absolute atomic E-state index is 12.4. The van der Waals surface area contributed by atoms with Crippen molar-refractivity contribution in [3.8, 4) is 0 Å². The number of aliphatic imine (C=N–C) groups is 1. The molecule has 12 N–H and O–H groups in total. The Morgan fingerprint density at radius 2 is 1.48 bits per heavy atom. The Morgan fingerprint density at radius 3 is 2.00 bits per heavy atom.